The number of methoxy groups -OCH3 is 1. The number of aromatic carboxylic acids is 1. The second-order valence-electron chi connectivity index (χ2n) is 7.22. The average molecular weight is 467 g/mol. The van der Waals surface area contributed by atoms with Crippen molar-refractivity contribution in [2.75, 3.05) is 7.11 Å². The van der Waals surface area contributed by atoms with Crippen LogP contribution in [0.5, 0.6) is 0 Å². The third-order valence-corrected chi connectivity index (χ3v) is 5.52. The van der Waals surface area contributed by atoms with Crippen LogP contribution in [0.25, 0.3) is 22.2 Å². The maximum atomic E-state index is 15.0. The number of halogens is 2. The van der Waals surface area contributed by atoms with E-state index in [1.165, 1.54) is 37.4 Å². The van der Waals surface area contributed by atoms with Crippen LogP contribution < -0.4 is 0 Å². The van der Waals surface area contributed by atoms with Crippen LogP contribution in [0.4, 0.5) is 4.39 Å². The Morgan fingerprint density at radius 1 is 1.06 bits per heavy atom. The van der Waals surface area contributed by atoms with Gasteiger partial charge in [0, 0.05) is 10.9 Å². The molecule has 0 bridgehead atoms. The van der Waals surface area contributed by atoms with Crippen molar-refractivity contribution in [3.63, 3.8) is 0 Å². The molecule has 0 aliphatic heterocycles. The summed E-state index contributed by atoms with van der Waals surface area (Å²) in [6.07, 6.45) is 0. The average Bonchev–Trinajstić information content (AvgIpc) is 3.16. The first-order valence-corrected chi connectivity index (χ1v) is 10.0. The maximum Gasteiger partial charge on any atom is 0.337 e. The molecule has 166 valence electrons. The van der Waals surface area contributed by atoms with Crippen molar-refractivity contribution in [3.8, 4) is 11.3 Å². The van der Waals surface area contributed by atoms with Crippen LogP contribution in [-0.2, 0) is 4.74 Å². The molecule has 0 amide bonds. The van der Waals surface area contributed by atoms with Crippen molar-refractivity contribution in [2.45, 2.75) is 6.92 Å². The maximum absolute atomic E-state index is 15.0. The Balaban J connectivity index is 1.97. The highest BCUT2D eigenvalue weighted by atomic mass is 35.5. The molecule has 0 aliphatic carbocycles. The molecule has 0 spiro atoms. The van der Waals surface area contributed by atoms with Crippen LogP contribution in [0.3, 0.4) is 0 Å². The van der Waals surface area contributed by atoms with E-state index < -0.39 is 23.7 Å². The molecule has 0 atom stereocenters. The predicted octanol–water partition coefficient (Wildman–Crippen LogP) is 4.98. The zero-order valence-corrected chi connectivity index (χ0v) is 18.2. The quantitative estimate of drug-likeness (QED) is 0.426. The number of fused-ring (bicyclic) bond motifs is 1. The van der Waals surface area contributed by atoms with Crippen molar-refractivity contribution in [2.24, 2.45) is 0 Å². The topological polar surface area (TPSA) is 98.5 Å². The Hall–Kier alpha value is -4.04. The van der Waals surface area contributed by atoms with E-state index >= 15 is 0 Å². The van der Waals surface area contributed by atoms with Crippen molar-refractivity contribution in [1.29, 1.82) is 0 Å². The largest absolute Gasteiger partial charge is 0.478 e. The molecule has 1 aromatic heterocycles. The molecular formula is C24H16ClFN2O5. The molecule has 1 heterocycles. The Bertz CT molecular complexity index is 1440. The molecule has 1 N–H and O–H groups in total. The molecule has 0 radical (unpaired) electrons. The van der Waals surface area contributed by atoms with Gasteiger partial charge in [-0.1, -0.05) is 23.7 Å². The van der Waals surface area contributed by atoms with Gasteiger partial charge in [-0.25, -0.2) is 14.0 Å². The highest BCUT2D eigenvalue weighted by Gasteiger charge is 2.24. The zero-order valence-electron chi connectivity index (χ0n) is 17.4. The van der Waals surface area contributed by atoms with E-state index in [2.05, 4.69) is 9.84 Å². The number of nitrogens with zero attached hydrogens (tertiary/aromatic N) is 2. The van der Waals surface area contributed by atoms with Crippen molar-refractivity contribution >= 4 is 40.3 Å². The summed E-state index contributed by atoms with van der Waals surface area (Å²) in [4.78, 5) is 36.7. The van der Waals surface area contributed by atoms with Crippen LogP contribution in [0, 0.1) is 12.7 Å². The lowest BCUT2D eigenvalue weighted by atomic mass is 10.0. The van der Waals surface area contributed by atoms with Crippen LogP contribution >= 0.6 is 11.6 Å². The van der Waals surface area contributed by atoms with E-state index in [-0.39, 0.29) is 38.5 Å². The third kappa shape index (κ3) is 3.85. The van der Waals surface area contributed by atoms with Gasteiger partial charge in [-0.05, 0) is 55.0 Å². The van der Waals surface area contributed by atoms with Gasteiger partial charge in [0.25, 0.3) is 5.91 Å². The fourth-order valence-corrected chi connectivity index (χ4v) is 3.86. The van der Waals surface area contributed by atoms with Gasteiger partial charge in [0.15, 0.2) is 0 Å². The fraction of sp³-hybridized carbons (Fsp3) is 0.0833. The molecular weight excluding hydrogens is 451 g/mol. The number of carboxylic acid groups (broad SMARTS) is 1. The molecule has 0 saturated carbocycles. The lowest BCUT2D eigenvalue weighted by molar-refractivity contribution is 0.0599. The van der Waals surface area contributed by atoms with Crippen LogP contribution in [0.2, 0.25) is 5.02 Å². The molecule has 7 nitrogen and oxygen atoms in total. The summed E-state index contributed by atoms with van der Waals surface area (Å²) in [5, 5.41) is 14.3. The first kappa shape index (κ1) is 22.2. The molecule has 4 aromatic rings. The van der Waals surface area contributed by atoms with Gasteiger partial charge in [-0.3, -0.25) is 4.79 Å². The third-order valence-electron chi connectivity index (χ3n) is 5.20. The molecule has 0 unspecified atom stereocenters. The minimum Gasteiger partial charge on any atom is -0.478 e. The van der Waals surface area contributed by atoms with Crippen molar-refractivity contribution in [1.82, 2.24) is 9.78 Å². The first-order chi connectivity index (χ1) is 15.7. The first-order valence-electron chi connectivity index (χ1n) is 9.67. The molecule has 9 heteroatoms. The number of rotatable bonds is 4. The second kappa shape index (κ2) is 8.48. The highest BCUT2D eigenvalue weighted by molar-refractivity contribution is 6.34. The number of carbonyl (C=O) groups excluding carboxylic acids is 2. The number of aromatic nitrogens is 2. The Morgan fingerprint density at radius 2 is 1.79 bits per heavy atom. The molecule has 3 aromatic carbocycles. The number of hydrogen-bond donors (Lipinski definition) is 1. The van der Waals surface area contributed by atoms with E-state index in [4.69, 9.17) is 11.6 Å². The molecule has 0 saturated heterocycles. The molecule has 0 fully saturated rings. The number of carboxylic acids is 1. The lowest BCUT2D eigenvalue weighted by Crippen LogP contribution is -2.16. The number of hydrogen-bond acceptors (Lipinski definition) is 5. The van der Waals surface area contributed by atoms with Crippen molar-refractivity contribution < 1.29 is 28.6 Å². The van der Waals surface area contributed by atoms with E-state index in [0.717, 1.165) is 10.7 Å². The highest BCUT2D eigenvalue weighted by Crippen LogP contribution is 2.32. The Labute approximate surface area is 192 Å². The second-order valence-corrected chi connectivity index (χ2v) is 7.63. The summed E-state index contributed by atoms with van der Waals surface area (Å²) in [5.41, 5.74) is 1.04. The normalized spacial score (nSPS) is 10.9. The summed E-state index contributed by atoms with van der Waals surface area (Å²) in [6, 6.07) is 12.8. The SMILES string of the molecule is COC(=O)c1ccc(-c2nn(C(=O)c3c(C)cccc3Cl)c3cc(C(=O)O)ccc23)c(F)c1. The Kier molecular flexibility index (Phi) is 5.69. The molecule has 4 rings (SSSR count). The molecule has 0 aliphatic rings. The Morgan fingerprint density at radius 3 is 2.42 bits per heavy atom. The summed E-state index contributed by atoms with van der Waals surface area (Å²) in [7, 11) is 1.19. The van der Waals surface area contributed by atoms with Gasteiger partial charge in [-0.2, -0.15) is 9.78 Å². The van der Waals surface area contributed by atoms with Gasteiger partial charge in [-0.15, -0.1) is 0 Å². The van der Waals surface area contributed by atoms with Gasteiger partial charge in [0.1, 0.15) is 11.5 Å². The number of ether oxygens (including phenoxy) is 1. The fourth-order valence-electron chi connectivity index (χ4n) is 3.56. The minimum absolute atomic E-state index is 0.0124. The van der Waals surface area contributed by atoms with Gasteiger partial charge >= 0.3 is 11.9 Å². The number of benzene rings is 3. The van der Waals surface area contributed by atoms with Crippen LogP contribution in [0.15, 0.2) is 54.6 Å². The van der Waals surface area contributed by atoms with Gasteiger partial charge in [0.2, 0.25) is 0 Å². The lowest BCUT2D eigenvalue weighted by Gasteiger charge is -2.08. The minimum atomic E-state index is -1.19. The van der Waals surface area contributed by atoms with Gasteiger partial charge < -0.3 is 9.84 Å². The predicted molar refractivity (Wildman–Crippen MR) is 119 cm³/mol. The van der Waals surface area contributed by atoms with E-state index in [0.29, 0.717) is 10.9 Å². The van der Waals surface area contributed by atoms with E-state index in [1.54, 1.807) is 25.1 Å². The monoisotopic (exact) mass is 466 g/mol. The number of esters is 1. The standard InChI is InChI=1S/C24H16ClFN2O5/c1-12-4-3-5-17(25)20(12)22(29)28-19-11-13(23(30)31)6-9-16(19)21(27-28)15-8-7-14(10-18(15)26)24(32)33-2/h3-11H,1-2H3,(H,30,31). The summed E-state index contributed by atoms with van der Waals surface area (Å²) < 4.78 is 20.6. The molecule has 33 heavy (non-hydrogen) atoms. The zero-order chi connectivity index (χ0) is 23.9. The smallest absolute Gasteiger partial charge is 0.337 e. The number of aryl methyl sites for hydroxylation is 1. The van der Waals surface area contributed by atoms with Gasteiger partial charge in [0.05, 0.1) is 34.3 Å². The van der Waals surface area contributed by atoms with E-state index in [1.807, 2.05) is 0 Å². The van der Waals surface area contributed by atoms with Crippen molar-refractivity contribution in [3.05, 3.63) is 87.7 Å². The summed E-state index contributed by atoms with van der Waals surface area (Å²) in [6.45, 7) is 1.71. The van der Waals surface area contributed by atoms with Crippen LogP contribution in [0.1, 0.15) is 36.6 Å². The van der Waals surface area contributed by atoms with Crippen LogP contribution in [-0.4, -0.2) is 39.8 Å². The summed E-state index contributed by atoms with van der Waals surface area (Å²) >= 11 is 6.26. The van der Waals surface area contributed by atoms with E-state index in [9.17, 15) is 23.9 Å². The summed E-state index contributed by atoms with van der Waals surface area (Å²) in [5.74, 6) is -3.25. The number of carbonyl (C=O) groups is 3.